The van der Waals surface area contributed by atoms with Crippen LogP contribution in [0.1, 0.15) is 23.0 Å². The number of hydrogen-bond acceptors (Lipinski definition) is 4. The molecule has 1 aromatic carbocycles. The van der Waals surface area contributed by atoms with Crippen molar-refractivity contribution in [3.8, 4) is 11.5 Å². The van der Waals surface area contributed by atoms with Gasteiger partial charge in [0.2, 0.25) is 0 Å². The first kappa shape index (κ1) is 13.9. The van der Waals surface area contributed by atoms with Gasteiger partial charge in [0, 0.05) is 6.20 Å². The first-order valence-corrected chi connectivity index (χ1v) is 6.23. The Morgan fingerprint density at radius 1 is 1.15 bits per heavy atom. The normalized spacial score (nSPS) is 10.1. The van der Waals surface area contributed by atoms with Gasteiger partial charge in [-0.25, -0.2) is 4.79 Å². The van der Waals surface area contributed by atoms with Gasteiger partial charge in [-0.15, -0.1) is 0 Å². The molecule has 20 heavy (non-hydrogen) atoms. The summed E-state index contributed by atoms with van der Waals surface area (Å²) in [5, 5.41) is 8.79. The smallest absolute Gasteiger partial charge is 0.337 e. The van der Waals surface area contributed by atoms with Gasteiger partial charge in [-0.05, 0) is 31.2 Å². The van der Waals surface area contributed by atoms with Crippen molar-refractivity contribution >= 4 is 5.97 Å². The van der Waals surface area contributed by atoms with Gasteiger partial charge in [-0.2, -0.15) is 0 Å². The van der Waals surface area contributed by atoms with E-state index in [0.717, 1.165) is 0 Å². The van der Waals surface area contributed by atoms with Crippen LogP contribution in [-0.4, -0.2) is 22.7 Å². The summed E-state index contributed by atoms with van der Waals surface area (Å²) >= 11 is 0. The lowest BCUT2D eigenvalue weighted by Gasteiger charge is -2.11. The zero-order chi connectivity index (χ0) is 14.4. The first-order valence-electron chi connectivity index (χ1n) is 6.23. The van der Waals surface area contributed by atoms with Crippen LogP contribution in [0.15, 0.2) is 42.6 Å². The Bertz CT molecular complexity index is 581. The highest BCUT2D eigenvalue weighted by Gasteiger charge is 2.06. The molecule has 0 unspecified atom stereocenters. The quantitative estimate of drug-likeness (QED) is 0.876. The lowest BCUT2D eigenvalue weighted by atomic mass is 10.2. The summed E-state index contributed by atoms with van der Waals surface area (Å²) < 4.78 is 11.1. The van der Waals surface area contributed by atoms with E-state index in [-0.39, 0.29) is 12.2 Å². The predicted octanol–water partition coefficient (Wildman–Crippen LogP) is 2.76. The molecule has 0 fully saturated rings. The van der Waals surface area contributed by atoms with Crippen molar-refractivity contribution < 1.29 is 19.4 Å². The summed E-state index contributed by atoms with van der Waals surface area (Å²) in [6.07, 6.45) is 1.31. The molecule has 0 radical (unpaired) electrons. The van der Waals surface area contributed by atoms with Crippen LogP contribution < -0.4 is 9.47 Å². The monoisotopic (exact) mass is 273 g/mol. The number of carboxylic acid groups (broad SMARTS) is 1. The maximum Gasteiger partial charge on any atom is 0.337 e. The third-order valence-corrected chi connectivity index (χ3v) is 2.60. The second kappa shape index (κ2) is 6.56. The van der Waals surface area contributed by atoms with E-state index < -0.39 is 5.97 Å². The summed E-state index contributed by atoms with van der Waals surface area (Å²) in [6, 6.07) is 10.5. The van der Waals surface area contributed by atoms with Gasteiger partial charge in [-0.1, -0.05) is 12.1 Å². The molecule has 2 rings (SSSR count). The van der Waals surface area contributed by atoms with Crippen molar-refractivity contribution in [3.63, 3.8) is 0 Å². The summed E-state index contributed by atoms with van der Waals surface area (Å²) in [6.45, 7) is 2.72. The standard InChI is InChI=1S/C15H15NO4/c1-2-19-13-5-3-4-6-14(13)20-10-12-8-7-11(9-16-12)15(17)18/h3-9H,2,10H2,1H3,(H,17,18). The van der Waals surface area contributed by atoms with Crippen molar-refractivity contribution in [1.82, 2.24) is 4.98 Å². The molecule has 104 valence electrons. The predicted molar refractivity (Wildman–Crippen MR) is 73.1 cm³/mol. The molecule has 0 spiro atoms. The summed E-state index contributed by atoms with van der Waals surface area (Å²) in [4.78, 5) is 14.8. The molecule has 0 saturated carbocycles. The van der Waals surface area contributed by atoms with Gasteiger partial charge in [0.15, 0.2) is 11.5 Å². The lowest BCUT2D eigenvalue weighted by molar-refractivity contribution is 0.0696. The number of para-hydroxylation sites is 2. The largest absolute Gasteiger partial charge is 0.490 e. The minimum atomic E-state index is -0.994. The number of benzene rings is 1. The minimum Gasteiger partial charge on any atom is -0.490 e. The first-order chi connectivity index (χ1) is 9.70. The molecule has 0 aliphatic heterocycles. The van der Waals surface area contributed by atoms with Crippen molar-refractivity contribution in [1.29, 1.82) is 0 Å². The molecule has 0 aliphatic carbocycles. The molecule has 1 aromatic heterocycles. The Morgan fingerprint density at radius 3 is 2.40 bits per heavy atom. The average molecular weight is 273 g/mol. The number of ether oxygens (including phenoxy) is 2. The second-order valence-electron chi connectivity index (χ2n) is 4.01. The highest BCUT2D eigenvalue weighted by molar-refractivity contribution is 5.87. The minimum absolute atomic E-state index is 0.156. The Hall–Kier alpha value is -2.56. The van der Waals surface area contributed by atoms with Crippen LogP contribution in [0, 0.1) is 0 Å². The topological polar surface area (TPSA) is 68.7 Å². The van der Waals surface area contributed by atoms with Crippen LogP contribution in [0.2, 0.25) is 0 Å². The third kappa shape index (κ3) is 3.47. The van der Waals surface area contributed by atoms with E-state index in [1.54, 1.807) is 6.07 Å². The van der Waals surface area contributed by atoms with Crippen LogP contribution >= 0.6 is 0 Å². The second-order valence-corrected chi connectivity index (χ2v) is 4.01. The average Bonchev–Trinajstić information content (AvgIpc) is 2.47. The van der Waals surface area contributed by atoms with Crippen LogP contribution in [0.4, 0.5) is 0 Å². The summed E-state index contributed by atoms with van der Waals surface area (Å²) in [5.74, 6) is 0.322. The van der Waals surface area contributed by atoms with E-state index in [1.165, 1.54) is 12.3 Å². The molecule has 0 bridgehead atoms. The SMILES string of the molecule is CCOc1ccccc1OCc1ccc(C(=O)O)cn1. The van der Waals surface area contributed by atoms with Crippen molar-refractivity contribution in [2.75, 3.05) is 6.61 Å². The molecule has 0 aliphatic rings. The molecule has 0 saturated heterocycles. The number of rotatable bonds is 6. The number of aromatic carboxylic acids is 1. The maximum atomic E-state index is 10.7. The van der Waals surface area contributed by atoms with Crippen molar-refractivity contribution in [2.45, 2.75) is 13.5 Å². The number of aromatic nitrogens is 1. The van der Waals surface area contributed by atoms with E-state index in [1.807, 2.05) is 31.2 Å². The van der Waals surface area contributed by atoms with E-state index in [0.29, 0.717) is 23.8 Å². The van der Waals surface area contributed by atoms with Crippen molar-refractivity contribution in [2.24, 2.45) is 0 Å². The van der Waals surface area contributed by atoms with Gasteiger partial charge in [0.25, 0.3) is 0 Å². The van der Waals surface area contributed by atoms with Gasteiger partial charge in [0.05, 0.1) is 17.9 Å². The van der Waals surface area contributed by atoms with Gasteiger partial charge < -0.3 is 14.6 Å². The van der Waals surface area contributed by atoms with Gasteiger partial charge in [0.1, 0.15) is 6.61 Å². The molecule has 2 aromatic rings. The number of hydrogen-bond donors (Lipinski definition) is 1. The molecular weight excluding hydrogens is 258 g/mol. The summed E-state index contributed by atoms with van der Waals surface area (Å²) in [7, 11) is 0. The van der Waals surface area contributed by atoms with Crippen LogP contribution in [0.3, 0.4) is 0 Å². The van der Waals surface area contributed by atoms with Crippen molar-refractivity contribution in [3.05, 3.63) is 53.9 Å². The Kier molecular flexibility index (Phi) is 4.55. The van der Waals surface area contributed by atoms with E-state index in [4.69, 9.17) is 14.6 Å². The fourth-order valence-corrected chi connectivity index (χ4v) is 1.63. The molecule has 1 N–H and O–H groups in total. The Morgan fingerprint density at radius 2 is 1.85 bits per heavy atom. The molecule has 5 heteroatoms. The number of carbonyl (C=O) groups is 1. The maximum absolute atomic E-state index is 10.7. The van der Waals surface area contributed by atoms with Crippen LogP contribution in [-0.2, 0) is 6.61 Å². The fourth-order valence-electron chi connectivity index (χ4n) is 1.63. The number of carboxylic acids is 1. The molecule has 0 amide bonds. The highest BCUT2D eigenvalue weighted by atomic mass is 16.5. The zero-order valence-corrected chi connectivity index (χ0v) is 11.1. The zero-order valence-electron chi connectivity index (χ0n) is 11.1. The number of nitrogens with zero attached hydrogens (tertiary/aromatic N) is 1. The lowest BCUT2D eigenvalue weighted by Crippen LogP contribution is -2.03. The molecular formula is C15H15NO4. The Labute approximate surface area is 116 Å². The van der Waals surface area contributed by atoms with Gasteiger partial charge in [-0.3, -0.25) is 4.98 Å². The Balaban J connectivity index is 2.03. The number of pyridine rings is 1. The van der Waals surface area contributed by atoms with Crippen LogP contribution in [0.5, 0.6) is 11.5 Å². The van der Waals surface area contributed by atoms with E-state index in [9.17, 15) is 4.79 Å². The van der Waals surface area contributed by atoms with E-state index >= 15 is 0 Å². The molecule has 1 heterocycles. The summed E-state index contributed by atoms with van der Waals surface area (Å²) in [5.41, 5.74) is 0.810. The third-order valence-electron chi connectivity index (χ3n) is 2.60. The van der Waals surface area contributed by atoms with E-state index in [2.05, 4.69) is 4.98 Å². The molecule has 5 nitrogen and oxygen atoms in total. The molecule has 0 atom stereocenters. The fraction of sp³-hybridized carbons (Fsp3) is 0.200. The van der Waals surface area contributed by atoms with Gasteiger partial charge >= 0.3 is 5.97 Å². The highest BCUT2D eigenvalue weighted by Crippen LogP contribution is 2.26. The van der Waals surface area contributed by atoms with Crippen LogP contribution in [0.25, 0.3) is 0 Å².